The molecule has 1 amide bonds. The van der Waals surface area contributed by atoms with Gasteiger partial charge in [-0.3, -0.25) is 4.79 Å². The molecule has 0 unspecified atom stereocenters. The van der Waals surface area contributed by atoms with Crippen molar-refractivity contribution in [3.63, 3.8) is 0 Å². The molecule has 18 heavy (non-hydrogen) atoms. The molecule has 1 saturated heterocycles. The molecule has 6 nitrogen and oxygen atoms in total. The quantitative estimate of drug-likeness (QED) is 0.827. The van der Waals surface area contributed by atoms with Crippen LogP contribution in [0.25, 0.3) is 0 Å². The molecule has 1 aliphatic rings. The van der Waals surface area contributed by atoms with Crippen LogP contribution >= 0.6 is 0 Å². The predicted octanol–water partition coefficient (Wildman–Crippen LogP) is 0.495. The summed E-state index contributed by atoms with van der Waals surface area (Å²) in [5.74, 6) is 1.96. The van der Waals surface area contributed by atoms with Crippen molar-refractivity contribution in [2.24, 2.45) is 0 Å². The van der Waals surface area contributed by atoms with E-state index in [1.54, 1.807) is 13.3 Å². The average molecular weight is 249 g/mol. The molecular formula is C12H19N5O. The van der Waals surface area contributed by atoms with Crippen molar-refractivity contribution in [3.05, 3.63) is 11.9 Å². The number of hydrogen-bond acceptors (Lipinski definition) is 5. The van der Waals surface area contributed by atoms with Gasteiger partial charge in [0.25, 0.3) is 0 Å². The first kappa shape index (κ1) is 12.6. The largest absolute Gasteiger partial charge is 0.373 e. The zero-order chi connectivity index (χ0) is 13.1. The number of carbonyl (C=O) groups is 1. The first-order chi connectivity index (χ1) is 8.63. The van der Waals surface area contributed by atoms with Crippen molar-refractivity contribution >= 4 is 17.5 Å². The van der Waals surface area contributed by atoms with Crippen molar-refractivity contribution in [2.45, 2.75) is 13.8 Å². The molecule has 0 aliphatic carbocycles. The van der Waals surface area contributed by atoms with Gasteiger partial charge in [0.05, 0.1) is 0 Å². The highest BCUT2D eigenvalue weighted by Crippen LogP contribution is 2.22. The first-order valence-corrected chi connectivity index (χ1v) is 6.13. The van der Waals surface area contributed by atoms with Crippen LogP contribution in [0, 0.1) is 6.92 Å². The van der Waals surface area contributed by atoms with Crippen LogP contribution in [0.5, 0.6) is 0 Å². The Kier molecular flexibility index (Phi) is 3.64. The molecule has 1 aliphatic heterocycles. The van der Waals surface area contributed by atoms with Gasteiger partial charge < -0.3 is 15.1 Å². The van der Waals surface area contributed by atoms with Gasteiger partial charge in [-0.1, -0.05) is 0 Å². The summed E-state index contributed by atoms with van der Waals surface area (Å²) in [6.07, 6.45) is 1.57. The second-order valence-electron chi connectivity index (χ2n) is 4.41. The highest BCUT2D eigenvalue weighted by Gasteiger charge is 2.21. The third kappa shape index (κ3) is 2.37. The van der Waals surface area contributed by atoms with E-state index in [2.05, 4.69) is 20.2 Å². The van der Waals surface area contributed by atoms with Gasteiger partial charge in [0.15, 0.2) is 0 Å². The van der Waals surface area contributed by atoms with Crippen LogP contribution in [-0.2, 0) is 4.79 Å². The van der Waals surface area contributed by atoms with Crippen molar-refractivity contribution in [1.29, 1.82) is 0 Å². The Morgan fingerprint density at radius 3 is 2.50 bits per heavy atom. The summed E-state index contributed by atoms with van der Waals surface area (Å²) >= 11 is 0. The van der Waals surface area contributed by atoms with Crippen LogP contribution < -0.4 is 10.2 Å². The molecule has 0 radical (unpaired) electrons. The fourth-order valence-electron chi connectivity index (χ4n) is 2.24. The van der Waals surface area contributed by atoms with E-state index in [1.807, 2.05) is 18.9 Å². The molecule has 0 aromatic carbocycles. The van der Waals surface area contributed by atoms with Crippen LogP contribution in [0.15, 0.2) is 6.33 Å². The molecule has 6 heteroatoms. The number of aromatic nitrogens is 2. The SMILES string of the molecule is CNc1ncnc(N2CCN(C(C)=O)CC2)c1C. The van der Waals surface area contributed by atoms with Gasteiger partial charge >= 0.3 is 0 Å². The average Bonchev–Trinajstić information content (AvgIpc) is 2.39. The molecule has 2 rings (SSSR count). The Morgan fingerprint density at radius 1 is 1.28 bits per heavy atom. The fraction of sp³-hybridized carbons (Fsp3) is 0.583. The molecule has 0 saturated carbocycles. The van der Waals surface area contributed by atoms with Gasteiger partial charge in [0.1, 0.15) is 18.0 Å². The zero-order valence-corrected chi connectivity index (χ0v) is 11.1. The molecule has 0 atom stereocenters. The van der Waals surface area contributed by atoms with Gasteiger partial charge in [-0.05, 0) is 6.92 Å². The maximum Gasteiger partial charge on any atom is 0.219 e. The van der Waals surface area contributed by atoms with E-state index >= 15 is 0 Å². The molecule has 1 N–H and O–H groups in total. The summed E-state index contributed by atoms with van der Waals surface area (Å²) in [6.45, 7) is 6.78. The highest BCUT2D eigenvalue weighted by atomic mass is 16.2. The lowest BCUT2D eigenvalue weighted by molar-refractivity contribution is -0.129. The second kappa shape index (κ2) is 5.20. The number of piperazine rings is 1. The predicted molar refractivity (Wildman–Crippen MR) is 70.8 cm³/mol. The number of nitrogens with one attached hydrogen (secondary N) is 1. The summed E-state index contributed by atoms with van der Waals surface area (Å²) < 4.78 is 0. The minimum Gasteiger partial charge on any atom is -0.373 e. The minimum absolute atomic E-state index is 0.143. The van der Waals surface area contributed by atoms with Gasteiger partial charge in [-0.25, -0.2) is 9.97 Å². The minimum atomic E-state index is 0.143. The molecule has 1 aromatic rings. The van der Waals surface area contributed by atoms with E-state index in [0.29, 0.717) is 0 Å². The molecule has 0 spiro atoms. The Hall–Kier alpha value is -1.85. The summed E-state index contributed by atoms with van der Waals surface area (Å²) in [6, 6.07) is 0. The number of nitrogens with zero attached hydrogens (tertiary/aromatic N) is 4. The van der Waals surface area contributed by atoms with Crippen LogP contribution in [-0.4, -0.2) is 54.0 Å². The van der Waals surface area contributed by atoms with Gasteiger partial charge in [0.2, 0.25) is 5.91 Å². The van der Waals surface area contributed by atoms with Crippen LogP contribution in [0.2, 0.25) is 0 Å². The van der Waals surface area contributed by atoms with Crippen molar-refractivity contribution in [1.82, 2.24) is 14.9 Å². The smallest absolute Gasteiger partial charge is 0.219 e. The van der Waals surface area contributed by atoms with E-state index in [4.69, 9.17) is 0 Å². The summed E-state index contributed by atoms with van der Waals surface area (Å²) in [4.78, 5) is 23.9. The third-order valence-electron chi connectivity index (χ3n) is 3.32. The van der Waals surface area contributed by atoms with Crippen molar-refractivity contribution in [2.75, 3.05) is 43.4 Å². The molecule has 2 heterocycles. The van der Waals surface area contributed by atoms with E-state index in [-0.39, 0.29) is 5.91 Å². The lowest BCUT2D eigenvalue weighted by atomic mass is 10.2. The van der Waals surface area contributed by atoms with E-state index < -0.39 is 0 Å². The first-order valence-electron chi connectivity index (χ1n) is 6.13. The third-order valence-corrected chi connectivity index (χ3v) is 3.32. The van der Waals surface area contributed by atoms with E-state index in [1.165, 1.54) is 0 Å². The molecule has 1 aromatic heterocycles. The number of amides is 1. The number of rotatable bonds is 2. The topological polar surface area (TPSA) is 61.4 Å². The Bertz CT molecular complexity index is 440. The monoisotopic (exact) mass is 249 g/mol. The summed E-state index contributed by atoms with van der Waals surface area (Å²) in [7, 11) is 1.85. The Morgan fingerprint density at radius 2 is 1.94 bits per heavy atom. The lowest BCUT2D eigenvalue weighted by Gasteiger charge is -2.35. The summed E-state index contributed by atoms with van der Waals surface area (Å²) in [5.41, 5.74) is 1.05. The number of hydrogen-bond donors (Lipinski definition) is 1. The van der Waals surface area contributed by atoms with Crippen LogP contribution in [0.1, 0.15) is 12.5 Å². The van der Waals surface area contributed by atoms with Crippen LogP contribution in [0.3, 0.4) is 0 Å². The maximum atomic E-state index is 11.3. The Balaban J connectivity index is 2.12. The van der Waals surface area contributed by atoms with E-state index in [0.717, 1.165) is 43.4 Å². The maximum absolute atomic E-state index is 11.3. The number of anilines is 2. The molecule has 98 valence electrons. The molecule has 1 fully saturated rings. The molecular weight excluding hydrogens is 230 g/mol. The van der Waals surface area contributed by atoms with E-state index in [9.17, 15) is 4.79 Å². The standard InChI is InChI=1S/C12H19N5O/c1-9-11(13-3)14-8-15-12(9)17-6-4-16(5-7-17)10(2)18/h8H,4-7H2,1-3H3,(H,13,14,15). The van der Waals surface area contributed by atoms with Crippen molar-refractivity contribution < 1.29 is 4.79 Å². The second-order valence-corrected chi connectivity index (χ2v) is 4.41. The Labute approximate surface area is 107 Å². The number of carbonyl (C=O) groups excluding carboxylic acids is 1. The fourth-order valence-corrected chi connectivity index (χ4v) is 2.24. The highest BCUT2D eigenvalue weighted by molar-refractivity contribution is 5.73. The van der Waals surface area contributed by atoms with Crippen molar-refractivity contribution in [3.8, 4) is 0 Å². The zero-order valence-electron chi connectivity index (χ0n) is 11.1. The van der Waals surface area contributed by atoms with Gasteiger partial charge in [0, 0.05) is 45.7 Å². The lowest BCUT2D eigenvalue weighted by Crippen LogP contribution is -2.48. The van der Waals surface area contributed by atoms with Gasteiger partial charge in [-0.15, -0.1) is 0 Å². The normalized spacial score (nSPS) is 15.7. The molecule has 0 bridgehead atoms. The summed E-state index contributed by atoms with van der Waals surface area (Å²) in [5, 5.41) is 3.06. The van der Waals surface area contributed by atoms with Crippen LogP contribution in [0.4, 0.5) is 11.6 Å². The van der Waals surface area contributed by atoms with Gasteiger partial charge in [-0.2, -0.15) is 0 Å².